The lowest BCUT2D eigenvalue weighted by Crippen LogP contribution is -2.45. The Morgan fingerprint density at radius 1 is 1.29 bits per heavy atom. The second-order valence-electron chi connectivity index (χ2n) is 6.94. The Morgan fingerprint density at radius 2 is 2.03 bits per heavy atom. The van der Waals surface area contributed by atoms with Gasteiger partial charge in [0.2, 0.25) is 15.8 Å². The van der Waals surface area contributed by atoms with Gasteiger partial charge in [0.25, 0.3) is 6.43 Å². The number of hydrogen-bond acceptors (Lipinski definition) is 6. The van der Waals surface area contributed by atoms with Gasteiger partial charge in [0.15, 0.2) is 5.25 Å². The molecule has 0 saturated carbocycles. The van der Waals surface area contributed by atoms with Crippen LogP contribution >= 0.6 is 23.2 Å². The molecule has 12 heteroatoms. The van der Waals surface area contributed by atoms with E-state index in [4.69, 9.17) is 28.0 Å². The fourth-order valence-corrected chi connectivity index (χ4v) is 6.24. The number of anilines is 1. The van der Waals surface area contributed by atoms with E-state index in [1.54, 1.807) is 13.0 Å². The van der Waals surface area contributed by atoms with Gasteiger partial charge >= 0.3 is 0 Å². The molecule has 7 nitrogen and oxygen atoms in total. The van der Waals surface area contributed by atoms with E-state index < -0.39 is 40.1 Å². The molecule has 1 N–H and O–H groups in total. The Balaban J connectivity index is 1.91. The fourth-order valence-electron chi connectivity index (χ4n) is 3.58. The van der Waals surface area contributed by atoms with Crippen molar-refractivity contribution in [1.29, 1.82) is 0 Å². The maximum atomic E-state index is 13.3. The van der Waals surface area contributed by atoms with Crippen LogP contribution in [0.2, 0.25) is 10.0 Å². The third-order valence-corrected chi connectivity index (χ3v) is 7.68. The van der Waals surface area contributed by atoms with Crippen molar-refractivity contribution in [2.24, 2.45) is 0 Å². The van der Waals surface area contributed by atoms with E-state index in [2.05, 4.69) is 10.5 Å². The molecule has 2 aliphatic rings. The molecule has 4 rings (SSSR count). The summed E-state index contributed by atoms with van der Waals surface area (Å²) in [6.45, 7) is 0.617. The number of carbonyl (C=O) groups is 1. The van der Waals surface area contributed by atoms with Crippen molar-refractivity contribution >= 4 is 44.7 Å². The predicted molar refractivity (Wildman–Crippen MR) is 111 cm³/mol. The number of pyridine rings is 1. The van der Waals surface area contributed by atoms with Crippen LogP contribution in [0, 0.1) is 0 Å². The molecule has 2 aliphatic heterocycles. The molecule has 0 fully saturated rings. The Labute approximate surface area is 186 Å². The largest absolute Gasteiger partial charge is 0.290 e. The van der Waals surface area contributed by atoms with Gasteiger partial charge in [0.05, 0.1) is 17.3 Å². The van der Waals surface area contributed by atoms with Gasteiger partial charge in [-0.05, 0) is 36.8 Å². The van der Waals surface area contributed by atoms with E-state index in [0.29, 0.717) is 10.0 Å². The van der Waals surface area contributed by atoms with E-state index in [1.165, 1.54) is 30.5 Å². The highest BCUT2D eigenvalue weighted by Gasteiger charge is 2.48. The van der Waals surface area contributed by atoms with Crippen molar-refractivity contribution in [3.05, 3.63) is 69.1 Å². The van der Waals surface area contributed by atoms with Crippen LogP contribution < -0.4 is 9.79 Å². The van der Waals surface area contributed by atoms with Crippen LogP contribution in [0.4, 0.5) is 14.5 Å². The molecule has 0 amide bonds. The van der Waals surface area contributed by atoms with Gasteiger partial charge in [-0.15, -0.1) is 0 Å². The number of benzene rings is 1. The number of sulfonamides is 1. The van der Waals surface area contributed by atoms with Crippen molar-refractivity contribution in [2.75, 3.05) is 10.8 Å². The highest BCUT2D eigenvalue weighted by atomic mass is 35.5. The SMILES string of the molecule is CC1=CC(c2c(Cl)ccc(C3C(=O)c4ncccc4N(CC(F)F)S3(=O)=O)c2Cl)ON1. The van der Waals surface area contributed by atoms with Gasteiger partial charge in [0, 0.05) is 22.5 Å². The normalized spacial score (nSPS) is 22.3. The molecule has 2 unspecified atom stereocenters. The highest BCUT2D eigenvalue weighted by Crippen LogP contribution is 2.45. The van der Waals surface area contributed by atoms with Gasteiger partial charge in [-0.1, -0.05) is 29.3 Å². The highest BCUT2D eigenvalue weighted by molar-refractivity contribution is 7.94. The van der Waals surface area contributed by atoms with Crippen LogP contribution in [0.15, 0.2) is 42.2 Å². The minimum atomic E-state index is -4.60. The number of halogens is 4. The number of nitrogens with one attached hydrogen (secondary N) is 1. The van der Waals surface area contributed by atoms with Gasteiger partial charge in [-0.3, -0.25) is 24.4 Å². The second kappa shape index (κ2) is 8.01. The number of aromatic nitrogens is 1. The number of hydroxylamine groups is 1. The second-order valence-corrected chi connectivity index (χ2v) is 9.66. The van der Waals surface area contributed by atoms with E-state index >= 15 is 0 Å². The third kappa shape index (κ3) is 3.67. The zero-order valence-electron chi connectivity index (χ0n) is 15.9. The number of allylic oxidation sites excluding steroid dienone is 1. The smallest absolute Gasteiger partial charge is 0.257 e. The number of carbonyl (C=O) groups excluding carboxylic acids is 1. The molecule has 0 saturated heterocycles. The Hall–Kier alpha value is -2.27. The molecular weight excluding hydrogens is 475 g/mol. The summed E-state index contributed by atoms with van der Waals surface area (Å²) in [7, 11) is -4.60. The molecular formula is C19H15Cl2F2N3O4S. The summed E-state index contributed by atoms with van der Waals surface area (Å²) in [6, 6.07) is 5.31. The zero-order valence-corrected chi connectivity index (χ0v) is 18.2. The molecule has 3 heterocycles. The summed E-state index contributed by atoms with van der Waals surface area (Å²) in [5.41, 5.74) is 3.06. The van der Waals surface area contributed by atoms with Crippen molar-refractivity contribution in [3.8, 4) is 0 Å². The van der Waals surface area contributed by atoms with Crippen molar-refractivity contribution in [2.45, 2.75) is 24.7 Å². The lowest BCUT2D eigenvalue weighted by atomic mass is 9.99. The third-order valence-electron chi connectivity index (χ3n) is 4.91. The summed E-state index contributed by atoms with van der Waals surface area (Å²) in [5.74, 6) is -0.867. The summed E-state index contributed by atoms with van der Waals surface area (Å²) >= 11 is 12.8. The van der Waals surface area contributed by atoms with E-state index in [0.717, 1.165) is 0 Å². The summed E-state index contributed by atoms with van der Waals surface area (Å²) in [4.78, 5) is 22.5. The Kier molecular flexibility index (Phi) is 5.67. The Bertz CT molecular complexity index is 1210. The topological polar surface area (TPSA) is 88.6 Å². The van der Waals surface area contributed by atoms with Crippen LogP contribution in [0.1, 0.15) is 39.9 Å². The molecule has 0 aliphatic carbocycles. The standard InChI is InChI=1S/C19H15Cl2F2N3O4S/c1-9-7-13(30-25-9)15-11(20)5-4-10(16(15)21)19-18(27)17-12(3-2-6-24-17)26(8-14(22)23)31(19,28)29/h2-7,13-14,19,25H,8H2,1H3. The molecule has 0 radical (unpaired) electrons. The zero-order chi connectivity index (χ0) is 22.5. The number of rotatable bonds is 4. The van der Waals surface area contributed by atoms with Crippen molar-refractivity contribution in [1.82, 2.24) is 10.5 Å². The fraction of sp³-hybridized carbons (Fsp3) is 0.263. The van der Waals surface area contributed by atoms with Gasteiger partial charge < -0.3 is 0 Å². The molecule has 0 spiro atoms. The van der Waals surface area contributed by atoms with Crippen molar-refractivity contribution < 1.29 is 26.8 Å². The molecule has 31 heavy (non-hydrogen) atoms. The predicted octanol–water partition coefficient (Wildman–Crippen LogP) is 4.21. The number of nitrogens with zero attached hydrogens (tertiary/aromatic N) is 2. The first-order chi connectivity index (χ1) is 14.6. The van der Waals surface area contributed by atoms with E-state index in [1.807, 2.05) is 0 Å². The molecule has 164 valence electrons. The number of fused-ring (bicyclic) bond motifs is 1. The first kappa shape index (κ1) is 21.9. The lowest BCUT2D eigenvalue weighted by molar-refractivity contribution is 0.0422. The maximum Gasteiger partial charge on any atom is 0.257 e. The first-order valence-electron chi connectivity index (χ1n) is 8.99. The van der Waals surface area contributed by atoms with E-state index in [9.17, 15) is 22.0 Å². The molecule has 1 aromatic heterocycles. The molecule has 2 aromatic rings. The summed E-state index contributed by atoms with van der Waals surface area (Å²) < 4.78 is 53.7. The van der Waals surface area contributed by atoms with Crippen LogP contribution in [0.5, 0.6) is 0 Å². The molecule has 1 aromatic carbocycles. The van der Waals surface area contributed by atoms with Gasteiger partial charge in [0.1, 0.15) is 11.8 Å². The van der Waals surface area contributed by atoms with E-state index in [-0.39, 0.29) is 32.6 Å². The minimum Gasteiger partial charge on any atom is -0.290 e. The summed E-state index contributed by atoms with van der Waals surface area (Å²) in [6.07, 6.45) is -0.746. The number of alkyl halides is 2. The summed E-state index contributed by atoms with van der Waals surface area (Å²) in [5, 5.41) is -1.78. The van der Waals surface area contributed by atoms with Gasteiger partial charge in [-0.2, -0.15) is 0 Å². The molecule has 0 bridgehead atoms. The monoisotopic (exact) mass is 489 g/mol. The Morgan fingerprint density at radius 3 is 2.68 bits per heavy atom. The number of Topliss-reactive ketones (excluding diaryl/α,β-unsaturated/α-hetero) is 1. The van der Waals surface area contributed by atoms with Crippen LogP contribution in [-0.2, 0) is 14.9 Å². The van der Waals surface area contributed by atoms with Crippen LogP contribution in [0.25, 0.3) is 0 Å². The minimum absolute atomic E-state index is 0.0943. The van der Waals surface area contributed by atoms with Crippen LogP contribution in [0.3, 0.4) is 0 Å². The van der Waals surface area contributed by atoms with Crippen LogP contribution in [-0.4, -0.2) is 32.2 Å². The number of hydrogen-bond donors (Lipinski definition) is 1. The average molecular weight is 490 g/mol. The number of ketones is 1. The lowest BCUT2D eigenvalue weighted by Gasteiger charge is -2.34. The maximum absolute atomic E-state index is 13.3. The molecule has 2 atom stereocenters. The van der Waals surface area contributed by atoms with Crippen molar-refractivity contribution in [3.63, 3.8) is 0 Å². The quantitative estimate of drug-likeness (QED) is 0.691. The van der Waals surface area contributed by atoms with Gasteiger partial charge in [-0.25, -0.2) is 17.2 Å². The first-order valence-corrected chi connectivity index (χ1v) is 11.3. The average Bonchev–Trinajstić information content (AvgIpc) is 3.12.